The minimum Gasteiger partial charge on any atom is -0.356 e. The van der Waals surface area contributed by atoms with E-state index in [1.54, 1.807) is 0 Å². The van der Waals surface area contributed by atoms with Crippen LogP contribution in [0.25, 0.3) is 0 Å². The first-order chi connectivity index (χ1) is 9.22. The first-order valence-corrected chi connectivity index (χ1v) is 7.65. The van der Waals surface area contributed by atoms with E-state index in [0.29, 0.717) is 6.04 Å². The fourth-order valence-electron chi connectivity index (χ4n) is 2.90. The van der Waals surface area contributed by atoms with Crippen molar-refractivity contribution in [1.29, 1.82) is 0 Å². The lowest BCUT2D eigenvalue weighted by atomic mass is 10.0. The van der Waals surface area contributed by atoms with Crippen LogP contribution in [0.2, 0.25) is 0 Å². The molecule has 0 aromatic carbocycles. The van der Waals surface area contributed by atoms with Crippen LogP contribution in [0.3, 0.4) is 0 Å². The average Bonchev–Trinajstić information content (AvgIpc) is 2.64. The molecule has 3 heteroatoms. The Balaban J connectivity index is 2.18. The Labute approximate surface area is 117 Å². The predicted octanol–water partition coefficient (Wildman–Crippen LogP) is 3.38. The molecule has 1 aliphatic heterocycles. The molecule has 2 rings (SSSR count). The summed E-state index contributed by atoms with van der Waals surface area (Å²) in [4.78, 5) is 7.14. The number of aromatic nitrogens is 1. The quantitative estimate of drug-likeness (QED) is 0.900. The summed E-state index contributed by atoms with van der Waals surface area (Å²) >= 11 is 0. The molecule has 2 heterocycles. The molecule has 0 amide bonds. The van der Waals surface area contributed by atoms with Crippen molar-refractivity contribution >= 4 is 5.82 Å². The third kappa shape index (κ3) is 3.69. The highest BCUT2D eigenvalue weighted by molar-refractivity contribution is 5.48. The molecule has 19 heavy (non-hydrogen) atoms. The fourth-order valence-corrected chi connectivity index (χ4v) is 2.90. The molecule has 1 aliphatic rings. The zero-order valence-electron chi connectivity index (χ0n) is 12.5. The van der Waals surface area contributed by atoms with Crippen LogP contribution in [0.15, 0.2) is 18.3 Å². The standard InChI is InChI=1S/C16H27N3/c1-4-17-14(3)15-8-5-10-18-16(15)19-11-6-7-13(2)9-12-19/h5,8,10,13-14,17H,4,6-7,9,11-12H2,1-3H3. The maximum atomic E-state index is 4.66. The molecule has 1 fully saturated rings. The molecule has 0 bridgehead atoms. The minimum atomic E-state index is 0.370. The van der Waals surface area contributed by atoms with Gasteiger partial charge in [0.15, 0.2) is 0 Å². The molecule has 1 aromatic rings. The summed E-state index contributed by atoms with van der Waals surface area (Å²) in [6.07, 6.45) is 5.84. The summed E-state index contributed by atoms with van der Waals surface area (Å²) < 4.78 is 0. The molecule has 106 valence electrons. The molecular formula is C16H27N3. The summed E-state index contributed by atoms with van der Waals surface area (Å²) in [5.41, 5.74) is 1.33. The van der Waals surface area contributed by atoms with Gasteiger partial charge in [-0.05, 0) is 44.7 Å². The van der Waals surface area contributed by atoms with Crippen molar-refractivity contribution in [1.82, 2.24) is 10.3 Å². The molecule has 1 aromatic heterocycles. The second kappa shape index (κ2) is 6.90. The Morgan fingerprint density at radius 1 is 1.42 bits per heavy atom. The van der Waals surface area contributed by atoms with Gasteiger partial charge in [-0.15, -0.1) is 0 Å². The van der Waals surface area contributed by atoms with Gasteiger partial charge in [-0.2, -0.15) is 0 Å². The highest BCUT2D eigenvalue weighted by Crippen LogP contribution is 2.27. The molecule has 0 saturated carbocycles. The van der Waals surface area contributed by atoms with Crippen molar-refractivity contribution in [2.45, 2.75) is 46.1 Å². The van der Waals surface area contributed by atoms with Gasteiger partial charge in [-0.1, -0.05) is 19.9 Å². The summed E-state index contributed by atoms with van der Waals surface area (Å²) in [6.45, 7) is 10.0. The lowest BCUT2D eigenvalue weighted by molar-refractivity contribution is 0.520. The van der Waals surface area contributed by atoms with E-state index in [1.165, 1.54) is 30.6 Å². The van der Waals surface area contributed by atoms with Gasteiger partial charge < -0.3 is 10.2 Å². The summed E-state index contributed by atoms with van der Waals surface area (Å²) in [5, 5.41) is 3.50. The monoisotopic (exact) mass is 261 g/mol. The molecular weight excluding hydrogens is 234 g/mol. The third-order valence-corrected chi connectivity index (χ3v) is 4.11. The number of pyridine rings is 1. The summed E-state index contributed by atoms with van der Waals surface area (Å²) in [5.74, 6) is 2.04. The van der Waals surface area contributed by atoms with Crippen molar-refractivity contribution in [3.05, 3.63) is 23.9 Å². The van der Waals surface area contributed by atoms with Crippen LogP contribution in [-0.2, 0) is 0 Å². The maximum absolute atomic E-state index is 4.66. The Kier molecular flexibility index (Phi) is 5.20. The second-order valence-corrected chi connectivity index (χ2v) is 5.72. The number of anilines is 1. The normalized spacial score (nSPS) is 22.1. The molecule has 1 N–H and O–H groups in total. The van der Waals surface area contributed by atoms with E-state index >= 15 is 0 Å². The third-order valence-electron chi connectivity index (χ3n) is 4.11. The van der Waals surface area contributed by atoms with E-state index in [9.17, 15) is 0 Å². The molecule has 2 unspecified atom stereocenters. The number of hydrogen-bond acceptors (Lipinski definition) is 3. The first-order valence-electron chi connectivity index (χ1n) is 7.65. The molecule has 1 saturated heterocycles. The molecule has 0 aliphatic carbocycles. The smallest absolute Gasteiger partial charge is 0.133 e. The van der Waals surface area contributed by atoms with E-state index in [4.69, 9.17) is 0 Å². The van der Waals surface area contributed by atoms with Crippen molar-refractivity contribution in [3.8, 4) is 0 Å². The topological polar surface area (TPSA) is 28.2 Å². The van der Waals surface area contributed by atoms with Gasteiger partial charge in [0.25, 0.3) is 0 Å². The van der Waals surface area contributed by atoms with E-state index in [-0.39, 0.29) is 0 Å². The maximum Gasteiger partial charge on any atom is 0.133 e. The lowest BCUT2D eigenvalue weighted by Crippen LogP contribution is -2.28. The van der Waals surface area contributed by atoms with Gasteiger partial charge in [0.1, 0.15) is 5.82 Å². The summed E-state index contributed by atoms with van der Waals surface area (Å²) in [7, 11) is 0. The van der Waals surface area contributed by atoms with E-state index < -0.39 is 0 Å². The number of rotatable bonds is 4. The van der Waals surface area contributed by atoms with Gasteiger partial charge in [0, 0.05) is 30.9 Å². The van der Waals surface area contributed by atoms with Crippen molar-refractivity contribution in [2.24, 2.45) is 5.92 Å². The zero-order chi connectivity index (χ0) is 13.7. The van der Waals surface area contributed by atoms with Crippen LogP contribution in [0, 0.1) is 5.92 Å². The van der Waals surface area contributed by atoms with Crippen molar-refractivity contribution in [2.75, 3.05) is 24.5 Å². The van der Waals surface area contributed by atoms with Gasteiger partial charge in [0.2, 0.25) is 0 Å². The lowest BCUT2D eigenvalue weighted by Gasteiger charge is -2.26. The SMILES string of the molecule is CCNC(C)c1cccnc1N1CCCC(C)CC1. The highest BCUT2D eigenvalue weighted by Gasteiger charge is 2.19. The highest BCUT2D eigenvalue weighted by atomic mass is 15.2. The van der Waals surface area contributed by atoms with Crippen molar-refractivity contribution in [3.63, 3.8) is 0 Å². The van der Waals surface area contributed by atoms with Crippen LogP contribution in [-0.4, -0.2) is 24.6 Å². The fraction of sp³-hybridized carbons (Fsp3) is 0.688. The van der Waals surface area contributed by atoms with E-state index in [1.807, 2.05) is 12.3 Å². The van der Waals surface area contributed by atoms with Gasteiger partial charge in [-0.3, -0.25) is 0 Å². The number of nitrogens with one attached hydrogen (secondary N) is 1. The van der Waals surface area contributed by atoms with Gasteiger partial charge >= 0.3 is 0 Å². The second-order valence-electron chi connectivity index (χ2n) is 5.72. The molecule has 3 nitrogen and oxygen atoms in total. The van der Waals surface area contributed by atoms with Gasteiger partial charge in [0.05, 0.1) is 0 Å². The Bertz CT molecular complexity index is 391. The van der Waals surface area contributed by atoms with Crippen LogP contribution >= 0.6 is 0 Å². The summed E-state index contributed by atoms with van der Waals surface area (Å²) in [6, 6.07) is 4.63. The Morgan fingerprint density at radius 2 is 2.26 bits per heavy atom. The number of hydrogen-bond donors (Lipinski definition) is 1. The predicted molar refractivity (Wildman–Crippen MR) is 81.6 cm³/mol. The molecule has 0 spiro atoms. The van der Waals surface area contributed by atoms with E-state index in [2.05, 4.69) is 42.0 Å². The number of nitrogens with zero attached hydrogens (tertiary/aromatic N) is 2. The zero-order valence-corrected chi connectivity index (χ0v) is 12.5. The Morgan fingerprint density at radius 3 is 3.05 bits per heavy atom. The largest absolute Gasteiger partial charge is 0.356 e. The first kappa shape index (κ1) is 14.3. The van der Waals surface area contributed by atoms with E-state index in [0.717, 1.165) is 25.6 Å². The molecule has 2 atom stereocenters. The Hall–Kier alpha value is -1.09. The van der Waals surface area contributed by atoms with Crippen molar-refractivity contribution < 1.29 is 0 Å². The van der Waals surface area contributed by atoms with Gasteiger partial charge in [-0.25, -0.2) is 4.98 Å². The van der Waals surface area contributed by atoms with Crippen LogP contribution in [0.4, 0.5) is 5.82 Å². The minimum absolute atomic E-state index is 0.370. The molecule has 0 radical (unpaired) electrons. The van der Waals surface area contributed by atoms with Crippen LogP contribution in [0.1, 0.15) is 51.6 Å². The van der Waals surface area contributed by atoms with Crippen LogP contribution in [0.5, 0.6) is 0 Å². The van der Waals surface area contributed by atoms with Crippen LogP contribution < -0.4 is 10.2 Å². The average molecular weight is 261 g/mol.